The van der Waals surface area contributed by atoms with Crippen LogP contribution in [0.3, 0.4) is 0 Å². The van der Waals surface area contributed by atoms with Gasteiger partial charge in [-0.05, 0) is 18.2 Å². The Labute approximate surface area is 111 Å². The zero-order valence-electron chi connectivity index (χ0n) is 8.76. The van der Waals surface area contributed by atoms with Crippen LogP contribution in [0.2, 0.25) is 0 Å². The zero-order chi connectivity index (χ0) is 11.7. The molecule has 2 nitrogen and oxygen atoms in total. The minimum absolute atomic E-state index is 0.983. The molecule has 0 aliphatic carbocycles. The number of nitrogens with zero attached hydrogens (tertiary/aromatic N) is 1. The Balaban J connectivity index is 1.98. The molecule has 2 aromatic heterocycles. The first-order valence-electron chi connectivity index (χ1n) is 5.07. The third kappa shape index (κ3) is 2.18. The van der Waals surface area contributed by atoms with Crippen LogP contribution in [-0.4, -0.2) is 4.98 Å². The minimum atomic E-state index is 0.983. The summed E-state index contributed by atoms with van der Waals surface area (Å²) in [6.45, 7) is 0. The second kappa shape index (κ2) is 4.47. The van der Waals surface area contributed by atoms with Crippen molar-refractivity contribution in [3.05, 3.63) is 52.7 Å². The smallest absolute Gasteiger partial charge is 0.127 e. The molecule has 4 heteroatoms. The monoisotopic (exact) mass is 305 g/mol. The van der Waals surface area contributed by atoms with Crippen molar-refractivity contribution in [3.63, 3.8) is 0 Å². The van der Waals surface area contributed by atoms with E-state index >= 15 is 0 Å². The summed E-state index contributed by atoms with van der Waals surface area (Å²) in [7, 11) is 0. The quantitative estimate of drug-likeness (QED) is 0.677. The lowest BCUT2D eigenvalue weighted by atomic mass is 10.2. The van der Waals surface area contributed by atoms with Crippen LogP contribution in [0.1, 0.15) is 0 Å². The van der Waals surface area contributed by atoms with Crippen molar-refractivity contribution in [1.82, 2.24) is 4.98 Å². The fourth-order valence-electron chi connectivity index (χ4n) is 1.55. The van der Waals surface area contributed by atoms with E-state index in [-0.39, 0.29) is 0 Å². The van der Waals surface area contributed by atoms with E-state index in [9.17, 15) is 0 Å². The predicted octanol–water partition coefficient (Wildman–Crippen LogP) is 4.83. The summed E-state index contributed by atoms with van der Waals surface area (Å²) in [5.74, 6) is 0. The molecule has 84 valence electrons. The molecular weight excluding hydrogens is 298 g/mol. The van der Waals surface area contributed by atoms with Crippen LogP contribution in [-0.2, 0) is 0 Å². The van der Waals surface area contributed by atoms with Crippen molar-refractivity contribution in [1.29, 1.82) is 0 Å². The Morgan fingerprint density at radius 1 is 1.06 bits per heavy atom. The number of hydrogen-bond donors (Lipinski definition) is 0. The van der Waals surface area contributed by atoms with Crippen LogP contribution in [0.25, 0.3) is 21.8 Å². The van der Waals surface area contributed by atoms with E-state index in [2.05, 4.69) is 38.4 Å². The standard InChI is InChI=1S/C13H8BrNOS/c14-11-3-1-9(2-4-11)12-8-17-13(15-12)10-5-6-16-7-10/h1-8H. The molecule has 0 aliphatic heterocycles. The third-order valence-corrected chi connectivity index (χ3v) is 3.83. The van der Waals surface area contributed by atoms with Gasteiger partial charge in [0.25, 0.3) is 0 Å². The van der Waals surface area contributed by atoms with E-state index < -0.39 is 0 Å². The highest BCUT2D eigenvalue weighted by atomic mass is 79.9. The van der Waals surface area contributed by atoms with Crippen molar-refractivity contribution in [2.24, 2.45) is 0 Å². The number of thiazole rings is 1. The van der Waals surface area contributed by atoms with Crippen molar-refractivity contribution >= 4 is 27.3 Å². The molecule has 0 aliphatic rings. The average Bonchev–Trinajstić information content (AvgIpc) is 3.00. The van der Waals surface area contributed by atoms with Gasteiger partial charge in [0.2, 0.25) is 0 Å². The Morgan fingerprint density at radius 3 is 2.59 bits per heavy atom. The Morgan fingerprint density at radius 2 is 1.88 bits per heavy atom. The van der Waals surface area contributed by atoms with Gasteiger partial charge in [-0.2, -0.15) is 0 Å². The lowest BCUT2D eigenvalue weighted by Crippen LogP contribution is -1.77. The molecule has 3 aromatic rings. The maximum absolute atomic E-state index is 5.06. The number of aromatic nitrogens is 1. The molecule has 0 saturated heterocycles. The zero-order valence-corrected chi connectivity index (χ0v) is 11.2. The summed E-state index contributed by atoms with van der Waals surface area (Å²) in [4.78, 5) is 4.60. The molecule has 0 radical (unpaired) electrons. The Hall–Kier alpha value is -1.39. The largest absolute Gasteiger partial charge is 0.472 e. The summed E-state index contributed by atoms with van der Waals surface area (Å²) < 4.78 is 6.14. The van der Waals surface area contributed by atoms with E-state index in [0.717, 1.165) is 26.3 Å². The summed E-state index contributed by atoms with van der Waals surface area (Å²) in [6, 6.07) is 10.1. The molecule has 0 spiro atoms. The van der Waals surface area contributed by atoms with Gasteiger partial charge in [-0.15, -0.1) is 11.3 Å². The molecule has 0 amide bonds. The fourth-order valence-corrected chi connectivity index (χ4v) is 2.63. The van der Waals surface area contributed by atoms with Crippen LogP contribution in [0, 0.1) is 0 Å². The lowest BCUT2D eigenvalue weighted by molar-refractivity contribution is 0.568. The van der Waals surface area contributed by atoms with E-state index in [1.165, 1.54) is 0 Å². The first kappa shape index (κ1) is 10.7. The summed E-state index contributed by atoms with van der Waals surface area (Å²) in [6.07, 6.45) is 3.38. The first-order chi connectivity index (χ1) is 8.33. The number of benzene rings is 1. The topological polar surface area (TPSA) is 26.0 Å². The van der Waals surface area contributed by atoms with E-state index in [4.69, 9.17) is 4.42 Å². The molecule has 0 bridgehead atoms. The van der Waals surface area contributed by atoms with Crippen LogP contribution >= 0.6 is 27.3 Å². The normalized spacial score (nSPS) is 10.6. The average molecular weight is 306 g/mol. The van der Waals surface area contributed by atoms with Crippen molar-refractivity contribution in [3.8, 4) is 21.8 Å². The molecule has 0 saturated carbocycles. The van der Waals surface area contributed by atoms with Crippen molar-refractivity contribution < 1.29 is 4.42 Å². The van der Waals surface area contributed by atoms with E-state index in [0.29, 0.717) is 0 Å². The van der Waals surface area contributed by atoms with Crippen LogP contribution < -0.4 is 0 Å². The van der Waals surface area contributed by atoms with Crippen molar-refractivity contribution in [2.75, 3.05) is 0 Å². The van der Waals surface area contributed by atoms with Gasteiger partial charge < -0.3 is 4.42 Å². The lowest BCUT2D eigenvalue weighted by Gasteiger charge is -1.96. The molecule has 2 heterocycles. The van der Waals surface area contributed by atoms with Gasteiger partial charge in [0.05, 0.1) is 12.0 Å². The highest BCUT2D eigenvalue weighted by molar-refractivity contribution is 9.10. The van der Waals surface area contributed by atoms with E-state index in [1.54, 1.807) is 23.9 Å². The highest BCUT2D eigenvalue weighted by Gasteiger charge is 2.07. The molecule has 0 atom stereocenters. The Kier molecular flexibility index (Phi) is 2.82. The fraction of sp³-hybridized carbons (Fsp3) is 0. The maximum Gasteiger partial charge on any atom is 0.127 e. The van der Waals surface area contributed by atoms with Crippen LogP contribution in [0.4, 0.5) is 0 Å². The molecule has 0 fully saturated rings. The number of furan rings is 1. The van der Waals surface area contributed by atoms with Crippen molar-refractivity contribution in [2.45, 2.75) is 0 Å². The van der Waals surface area contributed by atoms with E-state index in [1.807, 2.05) is 18.2 Å². The number of rotatable bonds is 2. The molecule has 0 unspecified atom stereocenters. The first-order valence-corrected chi connectivity index (χ1v) is 6.74. The predicted molar refractivity (Wildman–Crippen MR) is 73.0 cm³/mol. The summed E-state index contributed by atoms with van der Waals surface area (Å²) in [5.41, 5.74) is 3.15. The minimum Gasteiger partial charge on any atom is -0.472 e. The third-order valence-electron chi connectivity index (χ3n) is 2.41. The molecule has 1 aromatic carbocycles. The molecule has 0 N–H and O–H groups in total. The van der Waals surface area contributed by atoms with Gasteiger partial charge in [0.1, 0.15) is 11.3 Å². The second-order valence-corrected chi connectivity index (χ2v) is 5.33. The number of halogens is 1. The second-order valence-electron chi connectivity index (χ2n) is 3.56. The maximum atomic E-state index is 5.06. The van der Waals surface area contributed by atoms with Crippen LogP contribution in [0.5, 0.6) is 0 Å². The molecule has 17 heavy (non-hydrogen) atoms. The Bertz CT molecular complexity index is 613. The summed E-state index contributed by atoms with van der Waals surface area (Å²) >= 11 is 5.05. The van der Waals surface area contributed by atoms with Gasteiger partial charge in [-0.3, -0.25) is 0 Å². The van der Waals surface area contributed by atoms with Gasteiger partial charge in [0.15, 0.2) is 0 Å². The van der Waals surface area contributed by atoms with Gasteiger partial charge in [-0.25, -0.2) is 4.98 Å². The van der Waals surface area contributed by atoms with Gasteiger partial charge in [-0.1, -0.05) is 28.1 Å². The number of hydrogen-bond acceptors (Lipinski definition) is 3. The van der Waals surface area contributed by atoms with Gasteiger partial charge >= 0.3 is 0 Å². The highest BCUT2D eigenvalue weighted by Crippen LogP contribution is 2.29. The molecular formula is C13H8BrNOS. The van der Waals surface area contributed by atoms with Crippen LogP contribution in [0.15, 0.2) is 57.1 Å². The van der Waals surface area contributed by atoms with Gasteiger partial charge in [0, 0.05) is 21.0 Å². The SMILES string of the molecule is Brc1ccc(-c2csc(-c3ccoc3)n2)cc1. The summed E-state index contributed by atoms with van der Waals surface area (Å²) in [5, 5.41) is 3.04. The molecule has 3 rings (SSSR count).